The minimum atomic E-state index is -0.391. The maximum absolute atomic E-state index is 11.7. The number of hydrogen-bond donors (Lipinski definition) is 0. The van der Waals surface area contributed by atoms with Gasteiger partial charge in [0.15, 0.2) is 23.0 Å². The van der Waals surface area contributed by atoms with E-state index in [9.17, 15) is 4.79 Å². The standard InChI is InChI=1S/C23H24N2O6/c1-5-10-30-22(26)9-7-15-6-8-18(19(11-15)27-2)31-23-16-12-20(28-3)21(29-4)13-17(16)24-14-25-23/h6-9,11-14H,5,10H2,1-4H3. The molecule has 0 saturated heterocycles. The Bertz CT molecular complexity index is 1100. The largest absolute Gasteiger partial charge is 0.493 e. The Hall–Kier alpha value is -3.81. The minimum Gasteiger partial charge on any atom is -0.493 e. The molecule has 0 aliphatic heterocycles. The highest BCUT2D eigenvalue weighted by atomic mass is 16.5. The summed E-state index contributed by atoms with van der Waals surface area (Å²) in [5.74, 6) is 2.00. The summed E-state index contributed by atoms with van der Waals surface area (Å²) in [4.78, 5) is 20.2. The Morgan fingerprint density at radius 1 is 0.935 bits per heavy atom. The summed E-state index contributed by atoms with van der Waals surface area (Å²) in [6.07, 6.45) is 5.22. The number of fused-ring (bicyclic) bond motifs is 1. The lowest BCUT2D eigenvalue weighted by atomic mass is 10.2. The van der Waals surface area contributed by atoms with Crippen molar-refractivity contribution < 1.29 is 28.5 Å². The number of methoxy groups -OCH3 is 3. The molecule has 0 N–H and O–H groups in total. The van der Waals surface area contributed by atoms with Gasteiger partial charge in [-0.1, -0.05) is 13.0 Å². The van der Waals surface area contributed by atoms with Crippen LogP contribution in [-0.4, -0.2) is 43.9 Å². The number of aromatic nitrogens is 2. The summed E-state index contributed by atoms with van der Waals surface area (Å²) in [6, 6.07) is 8.81. The third kappa shape index (κ3) is 5.22. The number of rotatable bonds is 9. The van der Waals surface area contributed by atoms with Crippen LogP contribution in [0.15, 0.2) is 42.7 Å². The summed E-state index contributed by atoms with van der Waals surface area (Å²) >= 11 is 0. The monoisotopic (exact) mass is 424 g/mol. The molecule has 0 radical (unpaired) electrons. The fraction of sp³-hybridized carbons (Fsp3) is 0.261. The molecular weight excluding hydrogens is 400 g/mol. The number of hydrogen-bond acceptors (Lipinski definition) is 8. The van der Waals surface area contributed by atoms with Crippen molar-refractivity contribution >= 4 is 22.9 Å². The maximum atomic E-state index is 11.7. The molecule has 1 aromatic heterocycles. The summed E-state index contributed by atoms with van der Waals surface area (Å²) in [6.45, 7) is 2.33. The fourth-order valence-electron chi connectivity index (χ4n) is 2.83. The number of esters is 1. The highest BCUT2D eigenvalue weighted by molar-refractivity contribution is 5.88. The average Bonchev–Trinajstić information content (AvgIpc) is 2.81. The number of carbonyl (C=O) groups is 1. The molecule has 0 fully saturated rings. The third-order valence-electron chi connectivity index (χ3n) is 4.36. The van der Waals surface area contributed by atoms with Gasteiger partial charge in [-0.2, -0.15) is 0 Å². The van der Waals surface area contributed by atoms with E-state index in [4.69, 9.17) is 23.7 Å². The van der Waals surface area contributed by atoms with E-state index < -0.39 is 5.97 Å². The quantitative estimate of drug-likeness (QED) is 0.369. The molecule has 0 saturated carbocycles. The summed E-state index contributed by atoms with van der Waals surface area (Å²) in [5.41, 5.74) is 1.41. The van der Waals surface area contributed by atoms with Crippen molar-refractivity contribution in [2.75, 3.05) is 27.9 Å². The first-order valence-corrected chi connectivity index (χ1v) is 9.67. The van der Waals surface area contributed by atoms with Gasteiger partial charge in [-0.3, -0.25) is 0 Å². The smallest absolute Gasteiger partial charge is 0.330 e. The van der Waals surface area contributed by atoms with Gasteiger partial charge in [-0.15, -0.1) is 0 Å². The van der Waals surface area contributed by atoms with Gasteiger partial charge >= 0.3 is 5.97 Å². The van der Waals surface area contributed by atoms with E-state index in [2.05, 4.69) is 9.97 Å². The molecule has 0 aliphatic carbocycles. The van der Waals surface area contributed by atoms with Crippen LogP contribution in [0.1, 0.15) is 18.9 Å². The van der Waals surface area contributed by atoms with Crippen molar-refractivity contribution in [2.24, 2.45) is 0 Å². The molecule has 0 unspecified atom stereocenters. The zero-order valence-electron chi connectivity index (χ0n) is 17.9. The summed E-state index contributed by atoms with van der Waals surface area (Å²) in [5, 5.41) is 0.657. The van der Waals surface area contributed by atoms with Crippen molar-refractivity contribution in [1.82, 2.24) is 9.97 Å². The van der Waals surface area contributed by atoms with Gasteiger partial charge in [0, 0.05) is 12.1 Å². The van der Waals surface area contributed by atoms with Crippen LogP contribution in [0, 0.1) is 0 Å². The molecule has 0 amide bonds. The molecule has 0 bridgehead atoms. The molecule has 31 heavy (non-hydrogen) atoms. The SMILES string of the molecule is CCCOC(=O)C=Cc1ccc(Oc2ncnc3cc(OC)c(OC)cc23)c(OC)c1. The van der Waals surface area contributed by atoms with E-state index in [1.54, 1.807) is 50.6 Å². The zero-order valence-corrected chi connectivity index (χ0v) is 17.9. The van der Waals surface area contributed by atoms with Crippen LogP contribution in [0.2, 0.25) is 0 Å². The maximum Gasteiger partial charge on any atom is 0.330 e. The molecule has 0 atom stereocenters. The Labute approximate surface area is 180 Å². The number of carbonyl (C=O) groups excluding carboxylic acids is 1. The normalized spacial score (nSPS) is 10.8. The fourth-order valence-corrected chi connectivity index (χ4v) is 2.83. The Balaban J connectivity index is 1.89. The molecule has 3 aromatic rings. The van der Waals surface area contributed by atoms with E-state index >= 15 is 0 Å². The van der Waals surface area contributed by atoms with E-state index in [1.165, 1.54) is 19.5 Å². The molecule has 8 heteroatoms. The van der Waals surface area contributed by atoms with Gasteiger partial charge in [-0.05, 0) is 36.3 Å². The van der Waals surface area contributed by atoms with Crippen LogP contribution in [0.25, 0.3) is 17.0 Å². The highest BCUT2D eigenvalue weighted by Crippen LogP contribution is 2.38. The number of nitrogens with zero attached hydrogens (tertiary/aromatic N) is 2. The van der Waals surface area contributed by atoms with Crippen LogP contribution in [0.5, 0.6) is 28.9 Å². The molecule has 3 rings (SSSR count). The second kappa shape index (κ2) is 10.3. The van der Waals surface area contributed by atoms with Crippen molar-refractivity contribution in [2.45, 2.75) is 13.3 Å². The zero-order chi connectivity index (χ0) is 22.2. The Morgan fingerprint density at radius 2 is 1.65 bits per heavy atom. The van der Waals surface area contributed by atoms with E-state index in [1.807, 2.05) is 6.92 Å². The van der Waals surface area contributed by atoms with E-state index in [0.29, 0.717) is 46.4 Å². The molecule has 8 nitrogen and oxygen atoms in total. The number of benzene rings is 2. The first-order chi connectivity index (χ1) is 15.1. The van der Waals surface area contributed by atoms with Crippen molar-refractivity contribution in [1.29, 1.82) is 0 Å². The second-order valence-corrected chi connectivity index (χ2v) is 6.42. The molecule has 162 valence electrons. The predicted octanol–water partition coefficient (Wildman–Crippen LogP) is 4.41. The third-order valence-corrected chi connectivity index (χ3v) is 4.36. The molecule has 1 heterocycles. The lowest BCUT2D eigenvalue weighted by Gasteiger charge is -2.13. The van der Waals surface area contributed by atoms with Gasteiger partial charge in [0.2, 0.25) is 5.88 Å². The highest BCUT2D eigenvalue weighted by Gasteiger charge is 2.14. The molecule has 0 aliphatic rings. The van der Waals surface area contributed by atoms with Crippen LogP contribution in [-0.2, 0) is 9.53 Å². The lowest BCUT2D eigenvalue weighted by Crippen LogP contribution is -2.00. The van der Waals surface area contributed by atoms with Crippen molar-refractivity contribution in [3.05, 3.63) is 48.3 Å². The minimum absolute atomic E-state index is 0.343. The second-order valence-electron chi connectivity index (χ2n) is 6.42. The topological polar surface area (TPSA) is 89.0 Å². The van der Waals surface area contributed by atoms with Gasteiger partial charge in [0.1, 0.15) is 6.33 Å². The van der Waals surface area contributed by atoms with Gasteiger partial charge in [-0.25, -0.2) is 14.8 Å². The van der Waals surface area contributed by atoms with E-state index in [-0.39, 0.29) is 0 Å². The molecule has 0 spiro atoms. The van der Waals surface area contributed by atoms with Crippen LogP contribution < -0.4 is 18.9 Å². The average molecular weight is 424 g/mol. The van der Waals surface area contributed by atoms with Gasteiger partial charge < -0.3 is 23.7 Å². The van der Waals surface area contributed by atoms with Crippen LogP contribution >= 0.6 is 0 Å². The lowest BCUT2D eigenvalue weighted by molar-refractivity contribution is -0.137. The van der Waals surface area contributed by atoms with Crippen LogP contribution in [0.3, 0.4) is 0 Å². The summed E-state index contributed by atoms with van der Waals surface area (Å²) in [7, 11) is 4.66. The molecule has 2 aromatic carbocycles. The van der Waals surface area contributed by atoms with Crippen molar-refractivity contribution in [3.63, 3.8) is 0 Å². The Kier molecular flexibility index (Phi) is 7.26. The molecular formula is C23H24N2O6. The Morgan fingerprint density at radius 3 is 2.35 bits per heavy atom. The van der Waals surface area contributed by atoms with Gasteiger partial charge in [0.25, 0.3) is 0 Å². The van der Waals surface area contributed by atoms with Crippen LogP contribution in [0.4, 0.5) is 0 Å². The first-order valence-electron chi connectivity index (χ1n) is 9.67. The summed E-state index contributed by atoms with van der Waals surface area (Å²) < 4.78 is 27.2. The van der Waals surface area contributed by atoms with E-state index in [0.717, 1.165) is 12.0 Å². The first kappa shape index (κ1) is 21.9. The predicted molar refractivity (Wildman–Crippen MR) is 116 cm³/mol. The number of ether oxygens (including phenoxy) is 5. The van der Waals surface area contributed by atoms with Crippen molar-refractivity contribution in [3.8, 4) is 28.9 Å². The van der Waals surface area contributed by atoms with Gasteiger partial charge in [0.05, 0.1) is 38.8 Å².